The van der Waals surface area contributed by atoms with Crippen LogP contribution in [0.1, 0.15) is 16.2 Å². The predicted molar refractivity (Wildman–Crippen MR) is 44.7 cm³/mol. The molecule has 2 rings (SSSR count). The normalized spacial score (nSPS) is 10.5. The van der Waals surface area contributed by atoms with Crippen molar-refractivity contribution in [3.8, 4) is 0 Å². The molecule has 2 aromatic rings. The lowest BCUT2D eigenvalue weighted by atomic mass is 10.4. The van der Waals surface area contributed by atoms with Gasteiger partial charge in [-0.25, -0.2) is 14.8 Å². The van der Waals surface area contributed by atoms with Gasteiger partial charge in [-0.3, -0.25) is 4.40 Å². The van der Waals surface area contributed by atoms with E-state index < -0.39 is 5.97 Å². The highest BCUT2D eigenvalue weighted by Crippen LogP contribution is 2.05. The zero-order chi connectivity index (χ0) is 9.42. The second kappa shape index (κ2) is 2.55. The lowest BCUT2D eigenvalue weighted by molar-refractivity contribution is 0.0691. The van der Waals surface area contributed by atoms with Crippen molar-refractivity contribution in [1.82, 2.24) is 14.4 Å². The van der Waals surface area contributed by atoms with E-state index in [1.54, 1.807) is 16.7 Å². The average molecular weight is 177 g/mol. The van der Waals surface area contributed by atoms with Crippen LogP contribution in [0.2, 0.25) is 0 Å². The smallest absolute Gasteiger partial charge is 0.356 e. The van der Waals surface area contributed by atoms with Gasteiger partial charge in [0.05, 0.1) is 0 Å². The molecule has 0 unspecified atom stereocenters. The Morgan fingerprint density at radius 2 is 2.38 bits per heavy atom. The molecule has 0 fully saturated rings. The molecule has 66 valence electrons. The molecule has 0 radical (unpaired) electrons. The minimum Gasteiger partial charge on any atom is -0.476 e. The summed E-state index contributed by atoms with van der Waals surface area (Å²) in [6, 6.07) is 1.79. The Balaban J connectivity index is 2.75. The quantitative estimate of drug-likeness (QED) is 0.697. The van der Waals surface area contributed by atoms with Gasteiger partial charge >= 0.3 is 5.97 Å². The third kappa shape index (κ3) is 1.14. The van der Waals surface area contributed by atoms with Crippen LogP contribution in [0, 0.1) is 6.92 Å². The summed E-state index contributed by atoms with van der Waals surface area (Å²) in [7, 11) is 0. The van der Waals surface area contributed by atoms with Gasteiger partial charge < -0.3 is 5.11 Å². The fraction of sp³-hybridized carbons (Fsp3) is 0.125. The van der Waals surface area contributed by atoms with Crippen molar-refractivity contribution in [3.63, 3.8) is 0 Å². The molecule has 0 saturated heterocycles. The van der Waals surface area contributed by atoms with E-state index in [0.29, 0.717) is 5.78 Å². The highest BCUT2D eigenvalue weighted by molar-refractivity contribution is 5.85. The number of carbonyl (C=O) groups is 1. The summed E-state index contributed by atoms with van der Waals surface area (Å²) in [4.78, 5) is 18.3. The van der Waals surface area contributed by atoms with E-state index in [0.717, 1.165) is 5.69 Å². The van der Waals surface area contributed by atoms with Gasteiger partial charge in [0.1, 0.15) is 0 Å². The van der Waals surface area contributed by atoms with Gasteiger partial charge in [0.2, 0.25) is 5.78 Å². The Morgan fingerprint density at radius 1 is 1.62 bits per heavy atom. The second-order valence-corrected chi connectivity index (χ2v) is 2.69. The molecular weight excluding hydrogens is 170 g/mol. The van der Waals surface area contributed by atoms with Crippen LogP contribution in [0.3, 0.4) is 0 Å². The van der Waals surface area contributed by atoms with E-state index in [1.165, 1.54) is 6.20 Å². The van der Waals surface area contributed by atoms with Crippen LogP contribution in [-0.2, 0) is 0 Å². The highest BCUT2D eigenvalue weighted by atomic mass is 16.4. The minimum absolute atomic E-state index is 0.0156. The Kier molecular flexibility index (Phi) is 1.51. The molecule has 1 N–H and O–H groups in total. The van der Waals surface area contributed by atoms with E-state index in [1.807, 2.05) is 6.92 Å². The Hall–Kier alpha value is -1.91. The number of rotatable bonds is 1. The molecule has 0 amide bonds. The molecule has 13 heavy (non-hydrogen) atoms. The zero-order valence-electron chi connectivity index (χ0n) is 6.93. The van der Waals surface area contributed by atoms with Crippen LogP contribution >= 0.6 is 0 Å². The SMILES string of the molecule is Cc1ccnc2nc(C(=O)O)cn12. The number of hydrogen-bond acceptors (Lipinski definition) is 3. The predicted octanol–water partition coefficient (Wildman–Crippen LogP) is 0.736. The number of imidazole rings is 1. The fourth-order valence-electron chi connectivity index (χ4n) is 1.12. The molecule has 5 heteroatoms. The van der Waals surface area contributed by atoms with Crippen molar-refractivity contribution < 1.29 is 9.90 Å². The van der Waals surface area contributed by atoms with Crippen LogP contribution in [0.25, 0.3) is 5.78 Å². The first-order valence-electron chi connectivity index (χ1n) is 3.72. The molecule has 0 bridgehead atoms. The van der Waals surface area contributed by atoms with Crippen molar-refractivity contribution in [1.29, 1.82) is 0 Å². The van der Waals surface area contributed by atoms with Crippen LogP contribution in [0.4, 0.5) is 0 Å². The molecule has 0 aliphatic carbocycles. The third-order valence-electron chi connectivity index (χ3n) is 1.79. The zero-order valence-corrected chi connectivity index (χ0v) is 6.93. The minimum atomic E-state index is -1.04. The number of aromatic nitrogens is 3. The lowest BCUT2D eigenvalue weighted by Crippen LogP contribution is -1.95. The van der Waals surface area contributed by atoms with Gasteiger partial charge in [0.15, 0.2) is 5.69 Å². The first kappa shape index (κ1) is 7.72. The first-order valence-corrected chi connectivity index (χ1v) is 3.72. The fourth-order valence-corrected chi connectivity index (χ4v) is 1.12. The van der Waals surface area contributed by atoms with Crippen LogP contribution < -0.4 is 0 Å². The summed E-state index contributed by atoms with van der Waals surface area (Å²) < 4.78 is 1.64. The maximum absolute atomic E-state index is 10.6. The second-order valence-electron chi connectivity index (χ2n) is 2.69. The molecule has 0 saturated carbocycles. The summed E-state index contributed by atoms with van der Waals surface area (Å²) in [5, 5.41) is 8.67. The van der Waals surface area contributed by atoms with Crippen molar-refractivity contribution in [2.75, 3.05) is 0 Å². The largest absolute Gasteiger partial charge is 0.476 e. The van der Waals surface area contributed by atoms with Crippen molar-refractivity contribution in [3.05, 3.63) is 29.8 Å². The topological polar surface area (TPSA) is 67.5 Å². The van der Waals surface area contributed by atoms with E-state index in [9.17, 15) is 4.79 Å². The van der Waals surface area contributed by atoms with Gasteiger partial charge in [0.25, 0.3) is 0 Å². The third-order valence-corrected chi connectivity index (χ3v) is 1.79. The van der Waals surface area contributed by atoms with E-state index in [-0.39, 0.29) is 5.69 Å². The number of fused-ring (bicyclic) bond motifs is 1. The highest BCUT2D eigenvalue weighted by Gasteiger charge is 2.09. The van der Waals surface area contributed by atoms with Crippen molar-refractivity contribution in [2.24, 2.45) is 0 Å². The van der Waals surface area contributed by atoms with Crippen LogP contribution in [0.15, 0.2) is 18.5 Å². The summed E-state index contributed by atoms with van der Waals surface area (Å²) in [6.07, 6.45) is 3.06. The number of nitrogens with zero attached hydrogens (tertiary/aromatic N) is 3. The van der Waals surface area contributed by atoms with E-state index in [4.69, 9.17) is 5.11 Å². The molecule has 0 atom stereocenters. The maximum atomic E-state index is 10.6. The Labute approximate surface area is 73.7 Å². The number of aryl methyl sites for hydroxylation is 1. The maximum Gasteiger partial charge on any atom is 0.356 e. The summed E-state index contributed by atoms with van der Waals surface area (Å²) in [5.41, 5.74) is 0.923. The molecule has 0 spiro atoms. The number of carboxylic acids is 1. The molecule has 0 aliphatic rings. The van der Waals surface area contributed by atoms with Gasteiger partial charge in [-0.1, -0.05) is 0 Å². The molecule has 0 aromatic carbocycles. The van der Waals surface area contributed by atoms with Gasteiger partial charge in [-0.2, -0.15) is 0 Å². The number of carboxylic acid groups (broad SMARTS) is 1. The van der Waals surface area contributed by atoms with Crippen molar-refractivity contribution >= 4 is 11.7 Å². The van der Waals surface area contributed by atoms with E-state index in [2.05, 4.69) is 9.97 Å². The van der Waals surface area contributed by atoms with Gasteiger partial charge in [-0.15, -0.1) is 0 Å². The summed E-state index contributed by atoms with van der Waals surface area (Å²) in [6.45, 7) is 1.86. The first-order chi connectivity index (χ1) is 6.18. The average Bonchev–Trinajstić information content (AvgIpc) is 2.49. The van der Waals surface area contributed by atoms with Crippen molar-refractivity contribution in [2.45, 2.75) is 6.92 Å². The molecule has 2 heterocycles. The van der Waals surface area contributed by atoms with E-state index >= 15 is 0 Å². The molecule has 2 aromatic heterocycles. The van der Waals surface area contributed by atoms with Crippen LogP contribution in [0.5, 0.6) is 0 Å². The lowest BCUT2D eigenvalue weighted by Gasteiger charge is -1.94. The number of hydrogen-bond donors (Lipinski definition) is 1. The molecule has 5 nitrogen and oxygen atoms in total. The summed E-state index contributed by atoms with van der Waals surface area (Å²) in [5.74, 6) is -0.623. The Bertz CT molecular complexity index is 475. The molecule has 0 aliphatic heterocycles. The molecular formula is C8H7N3O2. The summed E-state index contributed by atoms with van der Waals surface area (Å²) >= 11 is 0. The monoisotopic (exact) mass is 177 g/mol. The van der Waals surface area contributed by atoms with Crippen LogP contribution in [-0.4, -0.2) is 25.4 Å². The van der Waals surface area contributed by atoms with Gasteiger partial charge in [0, 0.05) is 18.1 Å². The standard InChI is InChI=1S/C8H7N3O2/c1-5-2-3-9-8-10-6(7(12)13)4-11(5)8/h2-4H,1H3,(H,12,13). The Morgan fingerprint density at radius 3 is 3.00 bits per heavy atom. The number of aromatic carboxylic acids is 1. The van der Waals surface area contributed by atoms with Gasteiger partial charge in [-0.05, 0) is 13.0 Å².